The van der Waals surface area contributed by atoms with Crippen molar-refractivity contribution in [1.82, 2.24) is 0 Å². The van der Waals surface area contributed by atoms with E-state index in [0.717, 1.165) is 81.5 Å². The zero-order valence-corrected chi connectivity index (χ0v) is 35.0. The van der Waals surface area contributed by atoms with E-state index in [2.05, 4.69) is 13.2 Å². The molecule has 6 atom stereocenters. The van der Waals surface area contributed by atoms with Gasteiger partial charge in [0.2, 0.25) is 0 Å². The van der Waals surface area contributed by atoms with E-state index in [0.29, 0.717) is 38.3 Å². The molecule has 0 aromatic heterocycles. The lowest BCUT2D eigenvalue weighted by atomic mass is 9.68. The van der Waals surface area contributed by atoms with Crippen molar-refractivity contribution in [3.05, 3.63) is 25.3 Å². The molecule has 6 rings (SSSR count). The fourth-order valence-corrected chi connectivity index (χ4v) is 11.7. The van der Waals surface area contributed by atoms with Crippen molar-refractivity contribution < 1.29 is 38.0 Å². The Bertz CT molecular complexity index is 1160. The molecule has 0 aliphatic heterocycles. The summed E-state index contributed by atoms with van der Waals surface area (Å²) in [5, 5.41) is 0. The van der Waals surface area contributed by atoms with Crippen LogP contribution in [0.25, 0.3) is 0 Å². The molecule has 56 heavy (non-hydrogen) atoms. The highest BCUT2D eigenvalue weighted by atomic mass is 16.6. The van der Waals surface area contributed by atoms with Crippen LogP contribution in [-0.2, 0) is 38.0 Å². The number of hydrogen-bond donors (Lipinski definition) is 0. The van der Waals surface area contributed by atoms with Gasteiger partial charge >= 0.3 is 11.9 Å². The molecule has 0 spiro atoms. The van der Waals surface area contributed by atoms with Gasteiger partial charge in [-0.1, -0.05) is 83.8 Å². The van der Waals surface area contributed by atoms with E-state index in [1.54, 1.807) is 0 Å². The molecule has 6 aliphatic rings. The van der Waals surface area contributed by atoms with Crippen molar-refractivity contribution in [2.45, 2.75) is 204 Å². The van der Waals surface area contributed by atoms with Gasteiger partial charge in [-0.3, -0.25) is 0 Å². The third kappa shape index (κ3) is 14.5. The molecule has 8 heteroatoms. The lowest BCUT2D eigenvalue weighted by molar-refractivity contribution is -0.161. The average molecular weight is 783 g/mol. The monoisotopic (exact) mass is 783 g/mol. The van der Waals surface area contributed by atoms with Crippen LogP contribution < -0.4 is 0 Å². The van der Waals surface area contributed by atoms with Gasteiger partial charge in [0.15, 0.2) is 0 Å². The quantitative estimate of drug-likeness (QED) is 0.0891. The molecule has 0 radical (unpaired) electrons. The molecule has 0 bridgehead atoms. The molecular weight excluding hydrogens is 705 g/mol. The maximum absolute atomic E-state index is 12.3. The fourth-order valence-electron chi connectivity index (χ4n) is 11.7. The lowest BCUT2D eigenvalue weighted by Gasteiger charge is -2.44. The predicted octanol–water partition coefficient (Wildman–Crippen LogP) is 10.6. The second-order valence-corrected chi connectivity index (χ2v) is 19.0. The van der Waals surface area contributed by atoms with Crippen LogP contribution in [0.3, 0.4) is 0 Å². The summed E-state index contributed by atoms with van der Waals surface area (Å²) in [7, 11) is 0. The Balaban J connectivity index is 0.898. The summed E-state index contributed by atoms with van der Waals surface area (Å²) in [5.74, 6) is 3.71. The van der Waals surface area contributed by atoms with Gasteiger partial charge in [0.05, 0.1) is 50.8 Å². The fraction of sp³-hybridized carbons (Fsp3) is 0.875. The molecule has 0 saturated heterocycles. The van der Waals surface area contributed by atoms with Crippen molar-refractivity contribution in [2.75, 3.05) is 26.4 Å². The molecule has 6 unspecified atom stereocenters. The Labute approximate surface area is 339 Å². The molecule has 6 saturated carbocycles. The van der Waals surface area contributed by atoms with Gasteiger partial charge in [-0.2, -0.15) is 0 Å². The molecule has 318 valence electrons. The zero-order valence-electron chi connectivity index (χ0n) is 35.0. The van der Waals surface area contributed by atoms with Gasteiger partial charge in [0.25, 0.3) is 0 Å². The minimum Gasteiger partial charge on any atom is -0.454 e. The van der Waals surface area contributed by atoms with Crippen LogP contribution in [0.15, 0.2) is 25.3 Å². The number of rotatable bonds is 20. The summed E-state index contributed by atoms with van der Waals surface area (Å²) in [6.45, 7) is 8.67. The smallest absolute Gasteiger partial charge is 0.330 e. The molecule has 6 fully saturated rings. The maximum Gasteiger partial charge on any atom is 0.330 e. The van der Waals surface area contributed by atoms with Crippen LogP contribution in [0.5, 0.6) is 0 Å². The van der Waals surface area contributed by atoms with Crippen LogP contribution in [0.4, 0.5) is 0 Å². The average Bonchev–Trinajstić information content (AvgIpc) is 3.24. The normalized spacial score (nSPS) is 33.1. The molecule has 0 amide bonds. The van der Waals surface area contributed by atoms with Crippen LogP contribution >= 0.6 is 0 Å². The van der Waals surface area contributed by atoms with Gasteiger partial charge in [-0.25, -0.2) is 9.59 Å². The number of fused-ring (bicyclic) bond motifs is 1. The third-order valence-corrected chi connectivity index (χ3v) is 14.9. The first kappa shape index (κ1) is 43.8. The molecular formula is C48H78O8. The highest BCUT2D eigenvalue weighted by molar-refractivity contribution is 5.81. The number of ether oxygens (including phenoxy) is 6. The molecule has 0 N–H and O–H groups in total. The second kappa shape index (κ2) is 23.7. The van der Waals surface area contributed by atoms with Gasteiger partial charge < -0.3 is 28.4 Å². The van der Waals surface area contributed by atoms with E-state index in [1.807, 2.05) is 0 Å². The van der Waals surface area contributed by atoms with Crippen LogP contribution in [0, 0.1) is 35.5 Å². The maximum atomic E-state index is 12.3. The minimum absolute atomic E-state index is 0.127. The lowest BCUT2D eigenvalue weighted by Crippen LogP contribution is -2.43. The third-order valence-electron chi connectivity index (χ3n) is 14.9. The van der Waals surface area contributed by atoms with Crippen LogP contribution in [0.1, 0.15) is 167 Å². The van der Waals surface area contributed by atoms with E-state index in [9.17, 15) is 9.59 Å². The van der Waals surface area contributed by atoms with Gasteiger partial charge in [-0.15, -0.1) is 0 Å². The standard InChI is InChI=1S/C48H78O8/c1-3-47(49)55-43(31-51-40-22-18-37(19-23-40)28-35-12-7-5-8-13-35)33-53-42-26-27-45-39(30-42)16-11-17-46(45)54-34-44(56-48(50)4-2)32-52-41-24-20-38(21-25-41)29-36-14-9-6-10-15-36/h3-4,35-46H,1-2,5-34H2. The molecule has 8 nitrogen and oxygen atoms in total. The first-order valence-corrected chi connectivity index (χ1v) is 23.6. The summed E-state index contributed by atoms with van der Waals surface area (Å²) in [6.07, 6.45) is 35.0. The van der Waals surface area contributed by atoms with Crippen molar-refractivity contribution in [1.29, 1.82) is 0 Å². The van der Waals surface area contributed by atoms with Gasteiger partial charge in [0.1, 0.15) is 12.2 Å². The highest BCUT2D eigenvalue weighted by Gasteiger charge is 2.40. The van der Waals surface area contributed by atoms with E-state index >= 15 is 0 Å². The minimum atomic E-state index is -0.436. The summed E-state index contributed by atoms with van der Waals surface area (Å²) in [4.78, 5) is 24.6. The topological polar surface area (TPSA) is 89.5 Å². The Morgan fingerprint density at radius 2 is 0.893 bits per heavy atom. The Morgan fingerprint density at radius 3 is 1.38 bits per heavy atom. The zero-order chi connectivity index (χ0) is 39.0. The van der Waals surface area contributed by atoms with E-state index in [1.165, 1.54) is 121 Å². The summed E-state index contributed by atoms with van der Waals surface area (Å²) < 4.78 is 37.4. The van der Waals surface area contributed by atoms with E-state index < -0.39 is 24.1 Å². The first-order chi connectivity index (χ1) is 27.4. The molecule has 0 aromatic rings. The first-order valence-electron chi connectivity index (χ1n) is 23.6. The van der Waals surface area contributed by atoms with Crippen molar-refractivity contribution >= 4 is 11.9 Å². The Hall–Kier alpha value is -1.74. The molecule has 0 heterocycles. The van der Waals surface area contributed by atoms with Crippen molar-refractivity contribution in [2.24, 2.45) is 35.5 Å². The molecule has 0 aromatic carbocycles. The van der Waals surface area contributed by atoms with E-state index in [4.69, 9.17) is 28.4 Å². The summed E-state index contributed by atoms with van der Waals surface area (Å²) in [5.41, 5.74) is 0. The number of esters is 2. The summed E-state index contributed by atoms with van der Waals surface area (Å²) in [6, 6.07) is 0. The molecule has 6 aliphatic carbocycles. The number of hydrogen-bond acceptors (Lipinski definition) is 8. The van der Waals surface area contributed by atoms with Gasteiger partial charge in [-0.05, 0) is 132 Å². The van der Waals surface area contributed by atoms with Crippen molar-refractivity contribution in [3.63, 3.8) is 0 Å². The van der Waals surface area contributed by atoms with E-state index in [-0.39, 0.29) is 24.4 Å². The Morgan fingerprint density at radius 1 is 0.464 bits per heavy atom. The van der Waals surface area contributed by atoms with Crippen LogP contribution in [-0.4, -0.2) is 75.0 Å². The number of carbonyl (C=O) groups excluding carboxylic acids is 2. The number of carbonyl (C=O) groups is 2. The highest BCUT2D eigenvalue weighted by Crippen LogP contribution is 2.43. The van der Waals surface area contributed by atoms with Crippen molar-refractivity contribution in [3.8, 4) is 0 Å². The second-order valence-electron chi connectivity index (χ2n) is 19.0. The Kier molecular flexibility index (Phi) is 18.6. The van der Waals surface area contributed by atoms with Crippen LogP contribution in [0.2, 0.25) is 0 Å². The summed E-state index contributed by atoms with van der Waals surface area (Å²) >= 11 is 0. The predicted molar refractivity (Wildman–Crippen MR) is 220 cm³/mol. The largest absolute Gasteiger partial charge is 0.454 e. The SMILES string of the molecule is C=CC(=O)OC(COC1CCC(CC2CCCCC2)CC1)COC1CCC2C(CCCC2OCC(COC2CCC(CC3CCCCC3)CC2)OC(=O)C=C)C1. The van der Waals surface area contributed by atoms with Gasteiger partial charge in [0, 0.05) is 12.2 Å².